The van der Waals surface area contributed by atoms with Crippen molar-refractivity contribution in [3.63, 3.8) is 0 Å². The van der Waals surface area contributed by atoms with Crippen molar-refractivity contribution in [2.45, 2.75) is 18.4 Å². The molecule has 2 rings (SSSR count). The lowest BCUT2D eigenvalue weighted by Crippen LogP contribution is -2.17. The maximum atomic E-state index is 13.6. The predicted octanol–water partition coefficient (Wildman–Crippen LogP) is 1.53. The van der Waals surface area contributed by atoms with Gasteiger partial charge in [-0.15, -0.1) is 5.10 Å². The molecule has 0 amide bonds. The highest BCUT2D eigenvalue weighted by Crippen LogP contribution is 2.17. The van der Waals surface area contributed by atoms with Gasteiger partial charge in [0.2, 0.25) is 0 Å². The summed E-state index contributed by atoms with van der Waals surface area (Å²) in [6.45, 7) is 2.80. The lowest BCUT2D eigenvalue weighted by atomic mass is 10.2. The molecule has 21 heavy (non-hydrogen) atoms. The normalized spacial score (nSPS) is 11.3. The standard InChI is InChI=1S/C13H15FN4O2S/c1-2-15-9-10-8-11(5-6-12(10)14)21(19,20)18-13-4-3-7-16-17-13/h3-8,15H,2,9H2,1H3,(H,17,18). The first-order chi connectivity index (χ1) is 10.0. The minimum atomic E-state index is -3.82. The predicted molar refractivity (Wildman–Crippen MR) is 76.6 cm³/mol. The summed E-state index contributed by atoms with van der Waals surface area (Å²) >= 11 is 0. The van der Waals surface area contributed by atoms with E-state index in [2.05, 4.69) is 20.2 Å². The van der Waals surface area contributed by atoms with Crippen molar-refractivity contribution in [2.75, 3.05) is 11.3 Å². The third kappa shape index (κ3) is 3.96. The van der Waals surface area contributed by atoms with E-state index in [4.69, 9.17) is 0 Å². The van der Waals surface area contributed by atoms with Gasteiger partial charge in [-0.05, 0) is 36.9 Å². The third-order valence-electron chi connectivity index (χ3n) is 2.70. The number of sulfonamides is 1. The molecule has 0 radical (unpaired) electrons. The van der Waals surface area contributed by atoms with E-state index in [1.807, 2.05) is 6.92 Å². The molecule has 2 N–H and O–H groups in total. The molecule has 8 heteroatoms. The largest absolute Gasteiger partial charge is 0.313 e. The van der Waals surface area contributed by atoms with Crippen LogP contribution in [0.15, 0.2) is 41.4 Å². The number of anilines is 1. The molecule has 0 aliphatic rings. The molecule has 0 saturated heterocycles. The second-order valence-corrected chi connectivity index (χ2v) is 5.93. The summed E-state index contributed by atoms with van der Waals surface area (Å²) < 4.78 is 40.4. The quantitative estimate of drug-likeness (QED) is 0.845. The Hall–Kier alpha value is -2.06. The topological polar surface area (TPSA) is 84.0 Å². The number of hydrogen-bond acceptors (Lipinski definition) is 5. The van der Waals surface area contributed by atoms with Crippen molar-refractivity contribution in [3.8, 4) is 0 Å². The fraction of sp³-hybridized carbons (Fsp3) is 0.231. The Kier molecular flexibility index (Phi) is 4.81. The van der Waals surface area contributed by atoms with Crippen molar-refractivity contribution in [1.29, 1.82) is 0 Å². The van der Waals surface area contributed by atoms with Crippen molar-refractivity contribution in [1.82, 2.24) is 15.5 Å². The van der Waals surface area contributed by atoms with Gasteiger partial charge in [-0.2, -0.15) is 5.10 Å². The van der Waals surface area contributed by atoms with Crippen LogP contribution in [0.25, 0.3) is 0 Å². The molecule has 0 aliphatic carbocycles. The molecule has 112 valence electrons. The van der Waals surface area contributed by atoms with Crippen molar-refractivity contribution < 1.29 is 12.8 Å². The average molecular weight is 310 g/mol. The minimum Gasteiger partial charge on any atom is -0.313 e. The van der Waals surface area contributed by atoms with Gasteiger partial charge in [-0.25, -0.2) is 12.8 Å². The van der Waals surface area contributed by atoms with Crippen LogP contribution in [0.5, 0.6) is 0 Å². The Labute approximate surface area is 122 Å². The van der Waals surface area contributed by atoms with Gasteiger partial charge in [0.05, 0.1) is 4.90 Å². The maximum Gasteiger partial charge on any atom is 0.263 e. The van der Waals surface area contributed by atoms with Crippen molar-refractivity contribution in [3.05, 3.63) is 47.9 Å². The first-order valence-electron chi connectivity index (χ1n) is 6.32. The van der Waals surface area contributed by atoms with Crippen LogP contribution < -0.4 is 10.0 Å². The number of nitrogens with one attached hydrogen (secondary N) is 2. The molecule has 1 aromatic carbocycles. The lowest BCUT2D eigenvalue weighted by molar-refractivity contribution is 0.586. The van der Waals surface area contributed by atoms with Gasteiger partial charge in [0.15, 0.2) is 5.82 Å². The van der Waals surface area contributed by atoms with Gasteiger partial charge in [0, 0.05) is 18.3 Å². The molecule has 0 unspecified atom stereocenters. The van der Waals surface area contributed by atoms with E-state index in [1.165, 1.54) is 24.4 Å². The summed E-state index contributed by atoms with van der Waals surface area (Å²) in [6, 6.07) is 6.69. The SMILES string of the molecule is CCNCc1cc(S(=O)(=O)Nc2cccnn2)ccc1F. The van der Waals surface area contributed by atoms with Crippen LogP contribution in [-0.2, 0) is 16.6 Å². The fourth-order valence-corrected chi connectivity index (χ4v) is 2.71. The highest BCUT2D eigenvalue weighted by atomic mass is 32.2. The Balaban J connectivity index is 2.27. The van der Waals surface area contributed by atoms with Gasteiger partial charge < -0.3 is 5.32 Å². The van der Waals surface area contributed by atoms with Gasteiger partial charge in [-0.3, -0.25) is 4.72 Å². The number of benzene rings is 1. The molecule has 0 atom stereocenters. The molecular weight excluding hydrogens is 295 g/mol. The van der Waals surface area contributed by atoms with E-state index in [0.29, 0.717) is 12.1 Å². The second-order valence-electron chi connectivity index (χ2n) is 4.25. The number of nitrogens with zero attached hydrogens (tertiary/aromatic N) is 2. The highest BCUT2D eigenvalue weighted by molar-refractivity contribution is 7.92. The number of aromatic nitrogens is 2. The number of hydrogen-bond donors (Lipinski definition) is 2. The summed E-state index contributed by atoms with van der Waals surface area (Å²) in [4.78, 5) is -0.0255. The summed E-state index contributed by atoms with van der Waals surface area (Å²) in [7, 11) is -3.82. The molecule has 0 bridgehead atoms. The molecule has 2 aromatic rings. The zero-order chi connectivity index (χ0) is 15.3. The summed E-state index contributed by atoms with van der Waals surface area (Å²) in [6.07, 6.45) is 1.43. The molecular formula is C13H15FN4O2S. The van der Waals surface area contributed by atoms with Gasteiger partial charge in [0.25, 0.3) is 10.0 Å². The average Bonchev–Trinajstić information content (AvgIpc) is 2.47. The minimum absolute atomic E-state index is 0.0255. The Morgan fingerprint density at radius 2 is 2.10 bits per heavy atom. The summed E-state index contributed by atoms with van der Waals surface area (Å²) in [5, 5.41) is 10.2. The van der Waals surface area contributed by atoms with Crippen LogP contribution in [0.2, 0.25) is 0 Å². The van der Waals surface area contributed by atoms with E-state index in [0.717, 1.165) is 6.07 Å². The molecule has 1 heterocycles. The van der Waals surface area contributed by atoms with Crippen LogP contribution in [0.3, 0.4) is 0 Å². The van der Waals surface area contributed by atoms with Crippen molar-refractivity contribution in [2.24, 2.45) is 0 Å². The van der Waals surface area contributed by atoms with E-state index in [1.54, 1.807) is 6.07 Å². The maximum absolute atomic E-state index is 13.6. The summed E-state index contributed by atoms with van der Waals surface area (Å²) in [5.41, 5.74) is 0.291. The molecule has 0 spiro atoms. The van der Waals surface area contributed by atoms with Crippen molar-refractivity contribution >= 4 is 15.8 Å². The molecule has 0 fully saturated rings. The molecule has 6 nitrogen and oxygen atoms in total. The van der Waals surface area contributed by atoms with Crippen LogP contribution in [-0.4, -0.2) is 25.2 Å². The monoisotopic (exact) mass is 310 g/mol. The Morgan fingerprint density at radius 1 is 1.29 bits per heavy atom. The second kappa shape index (κ2) is 6.59. The zero-order valence-corrected chi connectivity index (χ0v) is 12.2. The first-order valence-corrected chi connectivity index (χ1v) is 7.81. The fourth-order valence-electron chi connectivity index (χ4n) is 1.67. The van der Waals surface area contributed by atoms with E-state index in [-0.39, 0.29) is 17.3 Å². The highest BCUT2D eigenvalue weighted by Gasteiger charge is 2.17. The molecule has 1 aromatic heterocycles. The zero-order valence-electron chi connectivity index (χ0n) is 11.4. The van der Waals surface area contributed by atoms with E-state index < -0.39 is 15.8 Å². The van der Waals surface area contributed by atoms with E-state index in [9.17, 15) is 12.8 Å². The van der Waals surface area contributed by atoms with Crippen LogP contribution in [0.1, 0.15) is 12.5 Å². The van der Waals surface area contributed by atoms with Gasteiger partial charge in [-0.1, -0.05) is 6.92 Å². The first kappa shape index (κ1) is 15.3. The molecule has 0 saturated carbocycles. The third-order valence-corrected chi connectivity index (χ3v) is 4.06. The Bertz CT molecular complexity index is 707. The van der Waals surface area contributed by atoms with Gasteiger partial charge in [0.1, 0.15) is 5.82 Å². The van der Waals surface area contributed by atoms with E-state index >= 15 is 0 Å². The number of halogens is 1. The smallest absolute Gasteiger partial charge is 0.263 e. The lowest BCUT2D eigenvalue weighted by Gasteiger charge is -2.09. The summed E-state index contributed by atoms with van der Waals surface area (Å²) in [5.74, 6) is -0.343. The number of rotatable bonds is 6. The van der Waals surface area contributed by atoms with Crippen LogP contribution in [0.4, 0.5) is 10.2 Å². The Morgan fingerprint density at radius 3 is 2.76 bits per heavy atom. The van der Waals surface area contributed by atoms with Crippen LogP contribution in [0, 0.1) is 5.82 Å². The van der Waals surface area contributed by atoms with Gasteiger partial charge >= 0.3 is 0 Å². The van der Waals surface area contributed by atoms with Crippen LogP contribution >= 0.6 is 0 Å². The molecule has 0 aliphatic heterocycles.